The summed E-state index contributed by atoms with van der Waals surface area (Å²) in [6.45, 7) is 4.00. The number of hydrogen-bond acceptors (Lipinski definition) is 3. The number of hydrogen-bond donors (Lipinski definition) is 0. The lowest BCUT2D eigenvalue weighted by Gasteiger charge is -2.10. The zero-order valence-electron chi connectivity index (χ0n) is 16.0. The molecule has 0 radical (unpaired) electrons. The summed E-state index contributed by atoms with van der Waals surface area (Å²) < 4.78 is 24.8. The minimum absolute atomic E-state index is 0.145. The minimum atomic E-state index is -0.396. The number of halogens is 2. The molecule has 0 N–H and O–H groups in total. The number of ether oxygens (including phenoxy) is 2. The summed E-state index contributed by atoms with van der Waals surface area (Å²) in [7, 11) is 0. The van der Waals surface area contributed by atoms with Gasteiger partial charge in [-0.2, -0.15) is 0 Å². The molecule has 3 aromatic rings. The van der Waals surface area contributed by atoms with Crippen LogP contribution in [0.5, 0.6) is 11.5 Å². The van der Waals surface area contributed by atoms with Gasteiger partial charge in [-0.25, -0.2) is 4.39 Å². The lowest BCUT2D eigenvalue weighted by molar-refractivity contribution is 0.101. The van der Waals surface area contributed by atoms with Gasteiger partial charge >= 0.3 is 0 Å². The van der Waals surface area contributed by atoms with E-state index in [0.29, 0.717) is 27.6 Å². The van der Waals surface area contributed by atoms with Gasteiger partial charge in [0.2, 0.25) is 5.78 Å². The fourth-order valence-corrected chi connectivity index (χ4v) is 3.47. The highest BCUT2D eigenvalue weighted by Crippen LogP contribution is 2.38. The molecule has 0 spiro atoms. The van der Waals surface area contributed by atoms with E-state index in [9.17, 15) is 9.18 Å². The van der Waals surface area contributed by atoms with Crippen LogP contribution in [0.4, 0.5) is 4.39 Å². The van der Waals surface area contributed by atoms with Gasteiger partial charge < -0.3 is 9.47 Å². The Labute approximate surface area is 173 Å². The fraction of sp³-hybridized carbons (Fsp3) is 0.125. The van der Waals surface area contributed by atoms with Crippen molar-refractivity contribution in [2.75, 3.05) is 0 Å². The van der Waals surface area contributed by atoms with Crippen LogP contribution in [0.1, 0.15) is 32.6 Å². The van der Waals surface area contributed by atoms with Crippen molar-refractivity contribution in [1.29, 1.82) is 0 Å². The van der Waals surface area contributed by atoms with Crippen LogP contribution in [0.3, 0.4) is 0 Å². The maximum atomic E-state index is 13.2. The first-order chi connectivity index (χ1) is 13.9. The van der Waals surface area contributed by atoms with E-state index in [1.807, 2.05) is 38.1 Å². The third-order valence-electron chi connectivity index (χ3n) is 4.83. The predicted octanol–water partition coefficient (Wildman–Crippen LogP) is 6.29. The van der Waals surface area contributed by atoms with Crippen LogP contribution in [-0.4, -0.2) is 5.78 Å². The Morgan fingerprint density at radius 1 is 1.07 bits per heavy atom. The molecule has 3 nitrogen and oxygen atoms in total. The van der Waals surface area contributed by atoms with Crippen LogP contribution >= 0.6 is 11.6 Å². The topological polar surface area (TPSA) is 35.5 Å². The van der Waals surface area contributed by atoms with E-state index in [2.05, 4.69) is 0 Å². The van der Waals surface area contributed by atoms with E-state index in [1.54, 1.807) is 24.3 Å². The molecule has 0 aliphatic carbocycles. The summed E-state index contributed by atoms with van der Waals surface area (Å²) in [4.78, 5) is 12.8. The first kappa shape index (κ1) is 19.2. The molecule has 0 bridgehead atoms. The molecular weight excluding hydrogens is 391 g/mol. The van der Waals surface area contributed by atoms with Gasteiger partial charge in [0, 0.05) is 11.6 Å². The lowest BCUT2D eigenvalue weighted by Crippen LogP contribution is -2.00. The van der Waals surface area contributed by atoms with Gasteiger partial charge in [-0.05, 0) is 54.8 Å². The summed E-state index contributed by atoms with van der Waals surface area (Å²) in [5.41, 5.74) is 3.97. The highest BCUT2D eigenvalue weighted by molar-refractivity contribution is 6.31. The molecule has 0 atom stereocenters. The highest BCUT2D eigenvalue weighted by Gasteiger charge is 2.30. The molecular formula is C24H18ClFO3. The summed E-state index contributed by atoms with van der Waals surface area (Å²) in [5, 5.41) is 0.303. The average molecular weight is 409 g/mol. The van der Waals surface area contributed by atoms with Crippen LogP contribution in [-0.2, 0) is 6.61 Å². The maximum Gasteiger partial charge on any atom is 0.232 e. The third-order valence-corrected chi connectivity index (χ3v) is 5.18. The van der Waals surface area contributed by atoms with Crippen molar-refractivity contribution in [3.63, 3.8) is 0 Å². The van der Waals surface area contributed by atoms with Crippen molar-refractivity contribution >= 4 is 23.5 Å². The van der Waals surface area contributed by atoms with Crippen molar-refractivity contribution in [2.45, 2.75) is 20.5 Å². The van der Waals surface area contributed by atoms with Gasteiger partial charge in [0.05, 0.1) is 10.6 Å². The van der Waals surface area contributed by atoms with Crippen LogP contribution < -0.4 is 9.47 Å². The van der Waals surface area contributed by atoms with E-state index >= 15 is 0 Å². The monoisotopic (exact) mass is 408 g/mol. The SMILES string of the molecule is Cc1ccccc1/C=C1\Oc2cc(OCc3ccc(F)cc3Cl)cc(C)c2C1=O. The predicted molar refractivity (Wildman–Crippen MR) is 111 cm³/mol. The van der Waals surface area contributed by atoms with E-state index in [-0.39, 0.29) is 18.1 Å². The van der Waals surface area contributed by atoms with Crippen molar-refractivity contribution in [3.05, 3.63) is 99.0 Å². The maximum absolute atomic E-state index is 13.2. The second-order valence-electron chi connectivity index (χ2n) is 6.93. The Bertz CT molecular complexity index is 1150. The molecule has 0 unspecified atom stereocenters. The van der Waals surface area contributed by atoms with Gasteiger partial charge in [0.1, 0.15) is 23.9 Å². The lowest BCUT2D eigenvalue weighted by atomic mass is 10.0. The Hall–Kier alpha value is -3.11. The van der Waals surface area contributed by atoms with Crippen LogP contribution in [0, 0.1) is 19.7 Å². The van der Waals surface area contributed by atoms with E-state index in [0.717, 1.165) is 16.7 Å². The van der Waals surface area contributed by atoms with Gasteiger partial charge in [-0.1, -0.05) is 41.9 Å². The first-order valence-corrected chi connectivity index (χ1v) is 9.51. The summed E-state index contributed by atoms with van der Waals surface area (Å²) in [5.74, 6) is 0.763. The Morgan fingerprint density at radius 2 is 1.86 bits per heavy atom. The number of fused-ring (bicyclic) bond motifs is 1. The molecule has 29 heavy (non-hydrogen) atoms. The van der Waals surface area contributed by atoms with Crippen molar-refractivity contribution in [1.82, 2.24) is 0 Å². The average Bonchev–Trinajstić information content (AvgIpc) is 2.99. The van der Waals surface area contributed by atoms with Crippen molar-refractivity contribution < 1.29 is 18.7 Å². The molecule has 0 saturated heterocycles. The fourth-order valence-electron chi connectivity index (χ4n) is 3.25. The van der Waals surface area contributed by atoms with Crippen molar-refractivity contribution in [2.24, 2.45) is 0 Å². The zero-order chi connectivity index (χ0) is 20.5. The van der Waals surface area contributed by atoms with Gasteiger partial charge in [-0.15, -0.1) is 0 Å². The standard InChI is InChI=1S/C24H18ClFO3/c1-14-5-3-4-6-16(14)10-22-24(27)23-15(2)9-19(12-21(23)29-22)28-13-17-7-8-18(26)11-20(17)25/h3-12H,13H2,1-2H3/b22-10-. The zero-order valence-corrected chi connectivity index (χ0v) is 16.7. The third kappa shape index (κ3) is 3.89. The molecule has 146 valence electrons. The number of Topliss-reactive ketones (excluding diaryl/α,β-unsaturated/α-hetero) is 1. The molecule has 5 heteroatoms. The number of rotatable bonds is 4. The number of carbonyl (C=O) groups is 1. The van der Waals surface area contributed by atoms with E-state index in [1.165, 1.54) is 12.1 Å². The summed E-state index contributed by atoms with van der Waals surface area (Å²) in [6, 6.07) is 15.4. The normalized spacial score (nSPS) is 14.1. The molecule has 1 aliphatic rings. The number of benzene rings is 3. The van der Waals surface area contributed by atoms with Gasteiger partial charge in [0.15, 0.2) is 5.76 Å². The van der Waals surface area contributed by atoms with Crippen LogP contribution in [0.2, 0.25) is 5.02 Å². The van der Waals surface area contributed by atoms with E-state index in [4.69, 9.17) is 21.1 Å². The van der Waals surface area contributed by atoms with Gasteiger partial charge in [0.25, 0.3) is 0 Å². The molecule has 0 saturated carbocycles. The number of aryl methyl sites for hydroxylation is 2. The van der Waals surface area contributed by atoms with Crippen LogP contribution in [0.15, 0.2) is 60.4 Å². The highest BCUT2D eigenvalue weighted by atomic mass is 35.5. The molecule has 0 aromatic heterocycles. The number of allylic oxidation sites excluding steroid dienone is 1. The Morgan fingerprint density at radius 3 is 2.62 bits per heavy atom. The van der Waals surface area contributed by atoms with Crippen molar-refractivity contribution in [3.8, 4) is 11.5 Å². The Kier molecular flexibility index (Phi) is 5.12. The second-order valence-corrected chi connectivity index (χ2v) is 7.34. The molecule has 0 amide bonds. The summed E-state index contributed by atoms with van der Waals surface area (Å²) >= 11 is 6.05. The minimum Gasteiger partial charge on any atom is -0.489 e. The largest absolute Gasteiger partial charge is 0.489 e. The second kappa shape index (κ2) is 7.72. The van der Waals surface area contributed by atoms with Gasteiger partial charge in [-0.3, -0.25) is 4.79 Å². The summed E-state index contributed by atoms with van der Waals surface area (Å²) in [6.07, 6.45) is 1.76. The molecule has 0 fully saturated rings. The van der Waals surface area contributed by atoms with E-state index < -0.39 is 5.82 Å². The first-order valence-electron chi connectivity index (χ1n) is 9.13. The van der Waals surface area contributed by atoms with Crippen LogP contribution in [0.25, 0.3) is 6.08 Å². The molecule has 1 heterocycles. The smallest absolute Gasteiger partial charge is 0.232 e. The number of ketones is 1. The molecule has 4 rings (SSSR count). The number of carbonyl (C=O) groups excluding carboxylic acids is 1. The Balaban J connectivity index is 1.58. The molecule has 1 aliphatic heterocycles. The molecule has 3 aromatic carbocycles. The quantitative estimate of drug-likeness (QED) is 0.476.